The Morgan fingerprint density at radius 3 is 2.95 bits per heavy atom. The third kappa shape index (κ3) is 2.39. The number of nitriles is 1. The van der Waals surface area contributed by atoms with Crippen molar-refractivity contribution in [3.05, 3.63) is 53.6 Å². The van der Waals surface area contributed by atoms with Crippen LogP contribution in [0.15, 0.2) is 42.5 Å². The summed E-state index contributed by atoms with van der Waals surface area (Å²) < 4.78 is 11.5. The number of para-hydroxylation sites is 1. The lowest BCUT2D eigenvalue weighted by atomic mass is 10.1. The van der Waals surface area contributed by atoms with E-state index in [0.717, 1.165) is 12.2 Å². The van der Waals surface area contributed by atoms with Gasteiger partial charge in [-0.15, -0.1) is 0 Å². The van der Waals surface area contributed by atoms with Crippen LogP contribution in [0.5, 0.6) is 11.5 Å². The topological polar surface area (TPSA) is 68.3 Å². The molecule has 0 spiro atoms. The molecule has 0 saturated carbocycles. The van der Waals surface area contributed by atoms with Crippen molar-refractivity contribution >= 4 is 5.69 Å². The molecule has 0 fully saturated rings. The van der Waals surface area contributed by atoms with Crippen LogP contribution in [-0.4, -0.2) is 12.7 Å². The van der Waals surface area contributed by atoms with E-state index in [1.165, 1.54) is 5.56 Å². The molecule has 1 aliphatic rings. The van der Waals surface area contributed by atoms with Crippen LogP contribution >= 0.6 is 0 Å². The molecule has 0 radical (unpaired) electrons. The molecule has 0 aromatic heterocycles. The number of nitrogens with zero attached hydrogens (tertiary/aromatic N) is 1. The zero-order chi connectivity index (χ0) is 13.9. The van der Waals surface area contributed by atoms with Crippen LogP contribution < -0.4 is 15.2 Å². The lowest BCUT2D eigenvalue weighted by Gasteiger charge is -2.13. The zero-order valence-electron chi connectivity index (χ0n) is 10.9. The van der Waals surface area contributed by atoms with Gasteiger partial charge < -0.3 is 15.2 Å². The van der Waals surface area contributed by atoms with Crippen LogP contribution in [0.2, 0.25) is 0 Å². The molecule has 0 aliphatic carbocycles. The maximum Gasteiger partial charge on any atom is 0.137 e. The number of hydrogen-bond acceptors (Lipinski definition) is 4. The van der Waals surface area contributed by atoms with Gasteiger partial charge in [0.15, 0.2) is 0 Å². The minimum absolute atomic E-state index is 0.0171. The monoisotopic (exact) mass is 266 g/mol. The summed E-state index contributed by atoms with van der Waals surface area (Å²) in [4.78, 5) is 0. The molecule has 4 nitrogen and oxygen atoms in total. The standard InChI is InChI=1S/C16H14N2O2/c17-9-12-7-13(18)5-6-15(12)19-10-14-8-11-3-1-2-4-16(11)20-14/h1-7,14H,8,10,18H2. The number of nitrogen functional groups attached to an aromatic ring is 1. The van der Waals surface area contributed by atoms with E-state index in [0.29, 0.717) is 23.6 Å². The third-order valence-electron chi connectivity index (χ3n) is 3.26. The average molecular weight is 266 g/mol. The van der Waals surface area contributed by atoms with Crippen LogP contribution in [0.3, 0.4) is 0 Å². The van der Waals surface area contributed by atoms with Crippen molar-refractivity contribution in [1.29, 1.82) is 5.26 Å². The Hall–Kier alpha value is -2.67. The number of nitrogens with two attached hydrogens (primary N) is 1. The second kappa shape index (κ2) is 5.14. The second-order valence-corrected chi connectivity index (χ2v) is 4.73. The number of fused-ring (bicyclic) bond motifs is 1. The smallest absolute Gasteiger partial charge is 0.137 e. The van der Waals surface area contributed by atoms with Crippen molar-refractivity contribution in [2.24, 2.45) is 0 Å². The molecule has 1 atom stereocenters. The van der Waals surface area contributed by atoms with Crippen molar-refractivity contribution in [3.8, 4) is 17.6 Å². The SMILES string of the molecule is N#Cc1cc(N)ccc1OCC1Cc2ccccc2O1. The molecule has 2 N–H and O–H groups in total. The molecule has 2 aromatic rings. The van der Waals surface area contributed by atoms with Gasteiger partial charge in [-0.3, -0.25) is 0 Å². The molecule has 0 bridgehead atoms. The van der Waals surface area contributed by atoms with Gasteiger partial charge in [-0.1, -0.05) is 18.2 Å². The molecule has 1 unspecified atom stereocenters. The van der Waals surface area contributed by atoms with E-state index < -0.39 is 0 Å². The molecule has 0 amide bonds. The van der Waals surface area contributed by atoms with E-state index in [1.54, 1.807) is 18.2 Å². The lowest BCUT2D eigenvalue weighted by molar-refractivity contribution is 0.148. The summed E-state index contributed by atoms with van der Waals surface area (Å²) in [5.74, 6) is 1.46. The fourth-order valence-electron chi connectivity index (χ4n) is 2.29. The molecule has 4 heteroatoms. The lowest BCUT2D eigenvalue weighted by Crippen LogP contribution is -2.22. The molecular weight excluding hydrogens is 252 g/mol. The summed E-state index contributed by atoms with van der Waals surface area (Å²) in [5.41, 5.74) is 7.84. The predicted molar refractivity (Wildman–Crippen MR) is 75.6 cm³/mol. The van der Waals surface area contributed by atoms with E-state index in [1.807, 2.05) is 18.2 Å². The fraction of sp³-hybridized carbons (Fsp3) is 0.188. The molecule has 3 rings (SSSR count). The number of ether oxygens (including phenoxy) is 2. The molecule has 1 aliphatic heterocycles. The number of anilines is 1. The van der Waals surface area contributed by atoms with Crippen molar-refractivity contribution in [2.75, 3.05) is 12.3 Å². The first kappa shape index (κ1) is 12.4. The third-order valence-corrected chi connectivity index (χ3v) is 3.26. The van der Waals surface area contributed by atoms with Gasteiger partial charge in [-0.2, -0.15) is 5.26 Å². The number of rotatable bonds is 3. The van der Waals surface area contributed by atoms with Crippen LogP contribution in [-0.2, 0) is 6.42 Å². The van der Waals surface area contributed by atoms with E-state index in [9.17, 15) is 0 Å². The minimum atomic E-state index is -0.0171. The second-order valence-electron chi connectivity index (χ2n) is 4.73. The Kier molecular flexibility index (Phi) is 3.18. The predicted octanol–water partition coefficient (Wildman–Crippen LogP) is 2.52. The fourth-order valence-corrected chi connectivity index (χ4v) is 2.29. The average Bonchev–Trinajstić information content (AvgIpc) is 2.88. The van der Waals surface area contributed by atoms with Gasteiger partial charge in [0.1, 0.15) is 30.3 Å². The number of hydrogen-bond donors (Lipinski definition) is 1. The quantitative estimate of drug-likeness (QED) is 0.867. The van der Waals surface area contributed by atoms with Crippen LogP contribution in [0.25, 0.3) is 0 Å². The van der Waals surface area contributed by atoms with E-state index in [4.69, 9.17) is 20.5 Å². The van der Waals surface area contributed by atoms with Crippen LogP contribution in [0.4, 0.5) is 5.69 Å². The molecule has 2 aromatic carbocycles. The molecule has 0 saturated heterocycles. The van der Waals surface area contributed by atoms with Crippen LogP contribution in [0.1, 0.15) is 11.1 Å². The van der Waals surface area contributed by atoms with Crippen molar-refractivity contribution < 1.29 is 9.47 Å². The Morgan fingerprint density at radius 1 is 1.30 bits per heavy atom. The highest BCUT2D eigenvalue weighted by atomic mass is 16.5. The highest BCUT2D eigenvalue weighted by Crippen LogP contribution is 2.29. The largest absolute Gasteiger partial charge is 0.488 e. The summed E-state index contributed by atoms with van der Waals surface area (Å²) >= 11 is 0. The number of benzene rings is 2. The summed E-state index contributed by atoms with van der Waals surface area (Å²) in [5, 5.41) is 9.06. The van der Waals surface area contributed by atoms with Gasteiger partial charge in [-0.25, -0.2) is 0 Å². The van der Waals surface area contributed by atoms with E-state index in [2.05, 4.69) is 12.1 Å². The van der Waals surface area contributed by atoms with Gasteiger partial charge in [0.2, 0.25) is 0 Å². The maximum absolute atomic E-state index is 9.06. The Morgan fingerprint density at radius 2 is 2.15 bits per heavy atom. The molecule has 100 valence electrons. The van der Waals surface area contributed by atoms with E-state index in [-0.39, 0.29) is 6.10 Å². The van der Waals surface area contributed by atoms with Crippen molar-refractivity contribution in [1.82, 2.24) is 0 Å². The first-order chi connectivity index (χ1) is 9.76. The summed E-state index contributed by atoms with van der Waals surface area (Å²) in [7, 11) is 0. The van der Waals surface area contributed by atoms with Gasteiger partial charge in [0, 0.05) is 12.1 Å². The van der Waals surface area contributed by atoms with Gasteiger partial charge in [0.05, 0.1) is 5.56 Å². The molecular formula is C16H14N2O2. The van der Waals surface area contributed by atoms with Gasteiger partial charge in [0.25, 0.3) is 0 Å². The Balaban J connectivity index is 1.66. The molecule has 20 heavy (non-hydrogen) atoms. The summed E-state index contributed by atoms with van der Waals surface area (Å²) in [6.45, 7) is 0.410. The van der Waals surface area contributed by atoms with E-state index >= 15 is 0 Å². The highest BCUT2D eigenvalue weighted by molar-refractivity contribution is 5.53. The first-order valence-corrected chi connectivity index (χ1v) is 6.43. The van der Waals surface area contributed by atoms with Crippen molar-refractivity contribution in [2.45, 2.75) is 12.5 Å². The van der Waals surface area contributed by atoms with Crippen molar-refractivity contribution in [3.63, 3.8) is 0 Å². The first-order valence-electron chi connectivity index (χ1n) is 6.43. The molecule has 1 heterocycles. The summed E-state index contributed by atoms with van der Waals surface area (Å²) in [6.07, 6.45) is 0.809. The van der Waals surface area contributed by atoms with Crippen LogP contribution in [0, 0.1) is 11.3 Å². The normalized spacial score (nSPS) is 16.1. The van der Waals surface area contributed by atoms with Gasteiger partial charge in [-0.05, 0) is 29.8 Å². The Bertz CT molecular complexity index is 651. The highest BCUT2D eigenvalue weighted by Gasteiger charge is 2.23. The Labute approximate surface area is 117 Å². The van der Waals surface area contributed by atoms with Gasteiger partial charge >= 0.3 is 0 Å². The zero-order valence-corrected chi connectivity index (χ0v) is 10.9. The minimum Gasteiger partial charge on any atom is -0.488 e. The maximum atomic E-state index is 9.06. The summed E-state index contributed by atoms with van der Waals surface area (Å²) in [6, 6.07) is 15.1.